The normalized spacial score (nSPS) is 11.0. The number of nitrogens with one attached hydrogen (secondary N) is 2. The number of carbonyl (C=O) groups excluding carboxylic acids is 1. The summed E-state index contributed by atoms with van der Waals surface area (Å²) in [6, 6.07) is 20.6. The van der Waals surface area contributed by atoms with Gasteiger partial charge in [-0.1, -0.05) is 40.2 Å². The quantitative estimate of drug-likeness (QED) is 0.432. The van der Waals surface area contributed by atoms with Gasteiger partial charge in [-0.25, -0.2) is 8.42 Å². The van der Waals surface area contributed by atoms with E-state index in [1.54, 1.807) is 49.4 Å². The molecular weight excluding hydrogens is 510 g/mol. The first kappa shape index (κ1) is 23.9. The van der Waals surface area contributed by atoms with Crippen molar-refractivity contribution in [3.05, 3.63) is 88.4 Å². The van der Waals surface area contributed by atoms with E-state index in [-0.39, 0.29) is 15.9 Å². The molecule has 0 fully saturated rings. The van der Waals surface area contributed by atoms with Crippen LogP contribution in [0.2, 0.25) is 0 Å². The SMILES string of the molecule is CCN(c1ccccc1)S(=O)(=O)c1ccc(NC(=S)NC(=O)c2cc(Br)ccc2C)cc1. The van der Waals surface area contributed by atoms with Crippen molar-refractivity contribution < 1.29 is 13.2 Å². The number of anilines is 2. The van der Waals surface area contributed by atoms with Crippen molar-refractivity contribution in [3.8, 4) is 0 Å². The van der Waals surface area contributed by atoms with Gasteiger partial charge in [0.1, 0.15) is 0 Å². The van der Waals surface area contributed by atoms with E-state index in [1.807, 2.05) is 25.1 Å². The Morgan fingerprint density at radius 2 is 1.69 bits per heavy atom. The summed E-state index contributed by atoms with van der Waals surface area (Å²) >= 11 is 8.59. The van der Waals surface area contributed by atoms with Gasteiger partial charge < -0.3 is 5.32 Å². The topological polar surface area (TPSA) is 78.5 Å². The first-order valence-corrected chi connectivity index (χ1v) is 12.4. The molecule has 9 heteroatoms. The number of para-hydroxylation sites is 1. The van der Waals surface area contributed by atoms with Crippen LogP contribution < -0.4 is 14.9 Å². The van der Waals surface area contributed by atoms with Crippen LogP contribution in [0.5, 0.6) is 0 Å². The predicted molar refractivity (Wildman–Crippen MR) is 136 cm³/mol. The smallest absolute Gasteiger partial charge is 0.264 e. The van der Waals surface area contributed by atoms with E-state index >= 15 is 0 Å². The number of aryl methyl sites for hydroxylation is 1. The number of benzene rings is 3. The molecular formula is C23H22BrN3O3S2. The lowest BCUT2D eigenvalue weighted by Crippen LogP contribution is -2.34. The highest BCUT2D eigenvalue weighted by Gasteiger charge is 2.23. The molecule has 0 radical (unpaired) electrons. The van der Waals surface area contributed by atoms with E-state index in [9.17, 15) is 13.2 Å². The first-order chi connectivity index (χ1) is 15.2. The number of hydrogen-bond donors (Lipinski definition) is 2. The molecule has 2 N–H and O–H groups in total. The van der Waals surface area contributed by atoms with E-state index in [0.29, 0.717) is 23.5 Å². The van der Waals surface area contributed by atoms with E-state index in [4.69, 9.17) is 12.2 Å². The summed E-state index contributed by atoms with van der Waals surface area (Å²) in [5.74, 6) is -0.332. The number of thiocarbonyl (C=S) groups is 1. The Bertz CT molecular complexity index is 1230. The Labute approximate surface area is 201 Å². The average molecular weight is 532 g/mol. The summed E-state index contributed by atoms with van der Waals surface area (Å²) in [6.07, 6.45) is 0. The van der Waals surface area contributed by atoms with E-state index in [0.717, 1.165) is 10.0 Å². The zero-order valence-electron chi connectivity index (χ0n) is 17.5. The maximum absolute atomic E-state index is 13.1. The monoisotopic (exact) mass is 531 g/mol. The highest BCUT2D eigenvalue weighted by molar-refractivity contribution is 9.10. The van der Waals surface area contributed by atoms with Crippen molar-refractivity contribution in [2.24, 2.45) is 0 Å². The van der Waals surface area contributed by atoms with Gasteiger partial charge >= 0.3 is 0 Å². The van der Waals surface area contributed by atoms with Crippen LogP contribution in [0.1, 0.15) is 22.8 Å². The zero-order chi connectivity index (χ0) is 23.3. The van der Waals surface area contributed by atoms with Crippen molar-refractivity contribution in [1.82, 2.24) is 5.32 Å². The molecule has 0 aliphatic carbocycles. The van der Waals surface area contributed by atoms with Crippen molar-refractivity contribution >= 4 is 60.6 Å². The van der Waals surface area contributed by atoms with Crippen LogP contribution >= 0.6 is 28.1 Å². The number of hydrogen-bond acceptors (Lipinski definition) is 4. The fraction of sp³-hybridized carbons (Fsp3) is 0.130. The fourth-order valence-electron chi connectivity index (χ4n) is 3.09. The van der Waals surface area contributed by atoms with Gasteiger partial charge in [0, 0.05) is 22.3 Å². The summed E-state index contributed by atoms with van der Waals surface area (Å²) in [6.45, 7) is 3.93. The van der Waals surface area contributed by atoms with Crippen LogP contribution in [0.4, 0.5) is 11.4 Å². The molecule has 0 aliphatic rings. The van der Waals surface area contributed by atoms with Crippen LogP contribution in [0, 0.1) is 6.92 Å². The third-order valence-corrected chi connectivity index (χ3v) is 7.32. The molecule has 3 aromatic rings. The number of halogens is 1. The van der Waals surface area contributed by atoms with Gasteiger partial charge in [0.15, 0.2) is 5.11 Å². The molecule has 0 aromatic heterocycles. The summed E-state index contributed by atoms with van der Waals surface area (Å²) in [5, 5.41) is 5.67. The maximum atomic E-state index is 13.1. The number of nitrogens with zero attached hydrogens (tertiary/aromatic N) is 1. The fourth-order valence-corrected chi connectivity index (χ4v) is 5.14. The van der Waals surface area contributed by atoms with Crippen LogP contribution in [0.25, 0.3) is 0 Å². The van der Waals surface area contributed by atoms with Crippen LogP contribution in [0.15, 0.2) is 82.2 Å². The van der Waals surface area contributed by atoms with Crippen molar-refractivity contribution in [2.45, 2.75) is 18.7 Å². The maximum Gasteiger partial charge on any atom is 0.264 e. The molecule has 0 aliphatic heterocycles. The molecule has 0 atom stereocenters. The van der Waals surface area contributed by atoms with Gasteiger partial charge in [-0.3, -0.25) is 14.4 Å². The molecule has 1 amide bonds. The summed E-state index contributed by atoms with van der Waals surface area (Å²) in [4.78, 5) is 12.7. The van der Waals surface area contributed by atoms with Crippen molar-refractivity contribution in [1.29, 1.82) is 0 Å². The molecule has 0 saturated carbocycles. The third kappa shape index (κ3) is 5.53. The van der Waals surface area contributed by atoms with Gasteiger partial charge in [0.05, 0.1) is 10.6 Å². The molecule has 166 valence electrons. The van der Waals surface area contributed by atoms with Crippen LogP contribution in [-0.4, -0.2) is 26.0 Å². The molecule has 0 bridgehead atoms. The summed E-state index contributed by atoms with van der Waals surface area (Å²) in [7, 11) is -3.71. The number of rotatable bonds is 6. The molecule has 0 spiro atoms. The largest absolute Gasteiger partial charge is 0.332 e. The average Bonchev–Trinajstić information content (AvgIpc) is 2.76. The first-order valence-electron chi connectivity index (χ1n) is 9.78. The molecule has 3 aromatic carbocycles. The minimum atomic E-state index is -3.71. The zero-order valence-corrected chi connectivity index (χ0v) is 20.7. The molecule has 32 heavy (non-hydrogen) atoms. The molecule has 0 saturated heterocycles. The van der Waals surface area contributed by atoms with E-state index in [2.05, 4.69) is 26.6 Å². The minimum Gasteiger partial charge on any atom is -0.332 e. The van der Waals surface area contributed by atoms with Gasteiger partial charge in [-0.15, -0.1) is 0 Å². The van der Waals surface area contributed by atoms with Crippen molar-refractivity contribution in [3.63, 3.8) is 0 Å². The second-order valence-corrected chi connectivity index (χ2v) is 10.1. The van der Waals surface area contributed by atoms with E-state index in [1.165, 1.54) is 16.4 Å². The Balaban J connectivity index is 1.70. The lowest BCUT2D eigenvalue weighted by Gasteiger charge is -2.23. The highest BCUT2D eigenvalue weighted by Crippen LogP contribution is 2.24. The van der Waals surface area contributed by atoms with Crippen LogP contribution in [-0.2, 0) is 10.0 Å². The van der Waals surface area contributed by atoms with Gasteiger partial charge in [0.25, 0.3) is 15.9 Å². The van der Waals surface area contributed by atoms with Gasteiger partial charge in [-0.2, -0.15) is 0 Å². The Morgan fingerprint density at radius 3 is 2.31 bits per heavy atom. The highest BCUT2D eigenvalue weighted by atomic mass is 79.9. The van der Waals surface area contributed by atoms with E-state index < -0.39 is 10.0 Å². The molecule has 0 unspecified atom stereocenters. The molecule has 6 nitrogen and oxygen atoms in total. The van der Waals surface area contributed by atoms with Crippen LogP contribution in [0.3, 0.4) is 0 Å². The minimum absolute atomic E-state index is 0.115. The Kier molecular flexibility index (Phi) is 7.65. The second kappa shape index (κ2) is 10.2. The standard InChI is InChI=1S/C23H22BrN3O3S2/c1-3-27(19-7-5-4-6-8-19)32(29,30)20-13-11-18(12-14-20)25-23(31)26-22(28)21-15-17(24)10-9-16(21)2/h4-15H,3H2,1-2H3,(H2,25,26,28,31). The predicted octanol–water partition coefficient (Wildman–Crippen LogP) is 5.10. The van der Waals surface area contributed by atoms with Gasteiger partial charge in [0.2, 0.25) is 0 Å². The van der Waals surface area contributed by atoms with Crippen molar-refractivity contribution in [2.75, 3.05) is 16.2 Å². The summed E-state index contributed by atoms with van der Waals surface area (Å²) in [5.41, 5.74) is 2.49. The number of carbonyl (C=O) groups is 1. The molecule has 3 rings (SSSR count). The van der Waals surface area contributed by atoms with Gasteiger partial charge in [-0.05, 0) is 80.2 Å². The lowest BCUT2D eigenvalue weighted by molar-refractivity contribution is 0.0977. The second-order valence-electron chi connectivity index (χ2n) is 6.90. The Morgan fingerprint density at radius 1 is 1.03 bits per heavy atom. The lowest BCUT2D eigenvalue weighted by atomic mass is 10.1. The Hall–Kier alpha value is -2.75. The molecule has 0 heterocycles. The number of sulfonamides is 1. The summed E-state index contributed by atoms with van der Waals surface area (Å²) < 4.78 is 28.3. The number of amides is 1. The third-order valence-electron chi connectivity index (χ3n) is 4.70.